The van der Waals surface area contributed by atoms with E-state index in [2.05, 4.69) is 20.9 Å². The van der Waals surface area contributed by atoms with E-state index in [9.17, 15) is 14.9 Å². The molecule has 1 aromatic heterocycles. The number of halogens is 2. The van der Waals surface area contributed by atoms with Crippen molar-refractivity contribution in [2.75, 3.05) is 0 Å². The van der Waals surface area contributed by atoms with Gasteiger partial charge in [-0.3, -0.25) is 19.5 Å². The molecule has 0 atom stereocenters. The monoisotopic (exact) mass is 481 g/mol. The van der Waals surface area contributed by atoms with Crippen LogP contribution in [0.1, 0.15) is 11.4 Å². The van der Waals surface area contributed by atoms with Gasteiger partial charge in [0, 0.05) is 16.6 Å². The molecule has 1 heterocycles. The van der Waals surface area contributed by atoms with Crippen LogP contribution in [0.4, 0.5) is 5.69 Å². The van der Waals surface area contributed by atoms with Crippen LogP contribution in [0.3, 0.4) is 0 Å². The molecule has 3 aromatic carbocycles. The van der Waals surface area contributed by atoms with Gasteiger partial charge in [-0.1, -0.05) is 57.9 Å². The lowest BCUT2D eigenvalue weighted by atomic mass is 10.2. The molecular formula is C22H13BrClN3O3. The molecule has 0 radical (unpaired) electrons. The highest BCUT2D eigenvalue weighted by molar-refractivity contribution is 9.10. The number of nitro groups is 1. The maximum absolute atomic E-state index is 13.3. The lowest BCUT2D eigenvalue weighted by Gasteiger charge is -2.13. The van der Waals surface area contributed by atoms with E-state index in [1.165, 1.54) is 22.8 Å². The lowest BCUT2D eigenvalue weighted by molar-refractivity contribution is -0.384. The second-order valence-electron chi connectivity index (χ2n) is 6.41. The Morgan fingerprint density at radius 2 is 1.77 bits per heavy atom. The second-order valence-corrected chi connectivity index (χ2v) is 7.73. The van der Waals surface area contributed by atoms with Crippen molar-refractivity contribution >= 4 is 56.3 Å². The zero-order valence-electron chi connectivity index (χ0n) is 15.3. The molecule has 0 saturated carbocycles. The fraction of sp³-hybridized carbons (Fsp3) is 0. The van der Waals surface area contributed by atoms with Gasteiger partial charge in [-0.15, -0.1) is 0 Å². The number of nitrogens with zero attached hydrogens (tertiary/aromatic N) is 3. The molecule has 0 saturated heterocycles. The molecule has 0 N–H and O–H groups in total. The normalized spacial score (nSPS) is 11.3. The van der Waals surface area contributed by atoms with Crippen LogP contribution in [0, 0.1) is 10.1 Å². The van der Waals surface area contributed by atoms with Gasteiger partial charge in [0.1, 0.15) is 5.82 Å². The highest BCUT2D eigenvalue weighted by Crippen LogP contribution is 2.26. The summed E-state index contributed by atoms with van der Waals surface area (Å²) >= 11 is 9.72. The first kappa shape index (κ1) is 20.0. The first-order valence-electron chi connectivity index (χ1n) is 8.84. The molecule has 6 nitrogen and oxygen atoms in total. The minimum absolute atomic E-state index is 0.0849. The van der Waals surface area contributed by atoms with Crippen molar-refractivity contribution in [2.24, 2.45) is 0 Å². The quantitative estimate of drug-likeness (QED) is 0.269. The summed E-state index contributed by atoms with van der Waals surface area (Å²) in [4.78, 5) is 28.4. The first-order valence-corrected chi connectivity index (χ1v) is 10.0. The van der Waals surface area contributed by atoms with Crippen molar-refractivity contribution in [1.82, 2.24) is 9.55 Å². The van der Waals surface area contributed by atoms with Gasteiger partial charge >= 0.3 is 0 Å². The third-order valence-corrected chi connectivity index (χ3v) is 5.31. The van der Waals surface area contributed by atoms with E-state index in [0.29, 0.717) is 22.4 Å². The Hall–Kier alpha value is -3.29. The molecule has 30 heavy (non-hydrogen) atoms. The van der Waals surface area contributed by atoms with Crippen molar-refractivity contribution in [3.63, 3.8) is 0 Å². The number of fused-ring (bicyclic) bond motifs is 1. The zero-order valence-corrected chi connectivity index (χ0v) is 17.7. The molecule has 8 heteroatoms. The summed E-state index contributed by atoms with van der Waals surface area (Å²) in [5.41, 5.74) is 1.32. The summed E-state index contributed by atoms with van der Waals surface area (Å²) in [7, 11) is 0. The molecule has 4 rings (SSSR count). The lowest BCUT2D eigenvalue weighted by Crippen LogP contribution is -2.22. The van der Waals surface area contributed by atoms with E-state index in [1.807, 2.05) is 30.3 Å². The van der Waals surface area contributed by atoms with E-state index in [-0.39, 0.29) is 16.3 Å². The molecule has 0 aliphatic carbocycles. The third kappa shape index (κ3) is 3.90. The van der Waals surface area contributed by atoms with Crippen molar-refractivity contribution in [1.29, 1.82) is 0 Å². The van der Waals surface area contributed by atoms with Crippen LogP contribution < -0.4 is 5.56 Å². The Balaban J connectivity index is 1.94. The Labute approximate surface area is 184 Å². The summed E-state index contributed by atoms with van der Waals surface area (Å²) in [5, 5.41) is 11.6. The van der Waals surface area contributed by atoms with Crippen LogP contribution in [-0.2, 0) is 0 Å². The number of hydrogen-bond donors (Lipinski definition) is 0. The number of benzene rings is 3. The van der Waals surface area contributed by atoms with Crippen LogP contribution in [0.15, 0.2) is 76.0 Å². The number of aromatic nitrogens is 2. The van der Waals surface area contributed by atoms with Crippen LogP contribution in [-0.4, -0.2) is 14.5 Å². The molecule has 0 aliphatic heterocycles. The predicted molar refractivity (Wildman–Crippen MR) is 122 cm³/mol. The molecule has 0 bridgehead atoms. The Morgan fingerprint density at radius 1 is 1.03 bits per heavy atom. The number of nitro benzene ring substituents is 1. The average molecular weight is 483 g/mol. The summed E-state index contributed by atoms with van der Waals surface area (Å²) in [5.74, 6) is 0.359. The molecular weight excluding hydrogens is 470 g/mol. The maximum atomic E-state index is 13.3. The fourth-order valence-electron chi connectivity index (χ4n) is 3.03. The van der Waals surface area contributed by atoms with E-state index in [1.54, 1.807) is 30.3 Å². The van der Waals surface area contributed by atoms with Gasteiger partial charge in [0.2, 0.25) is 0 Å². The smallest absolute Gasteiger partial charge is 0.268 e. The highest BCUT2D eigenvalue weighted by Gasteiger charge is 2.16. The second kappa shape index (κ2) is 8.22. The topological polar surface area (TPSA) is 78.0 Å². The maximum Gasteiger partial charge on any atom is 0.271 e. The Bertz CT molecular complexity index is 1360. The summed E-state index contributed by atoms with van der Waals surface area (Å²) in [6, 6.07) is 18.7. The van der Waals surface area contributed by atoms with Crippen LogP contribution in [0.5, 0.6) is 0 Å². The predicted octanol–water partition coefficient (Wildman–Crippen LogP) is 5.88. The van der Waals surface area contributed by atoms with Gasteiger partial charge < -0.3 is 0 Å². The molecule has 0 aliphatic rings. The highest BCUT2D eigenvalue weighted by atomic mass is 79.9. The number of rotatable bonds is 4. The van der Waals surface area contributed by atoms with Gasteiger partial charge in [-0.05, 0) is 42.0 Å². The van der Waals surface area contributed by atoms with E-state index >= 15 is 0 Å². The van der Waals surface area contributed by atoms with Crippen molar-refractivity contribution in [3.05, 3.63) is 108 Å². The number of hydrogen-bond acceptors (Lipinski definition) is 4. The molecule has 0 unspecified atom stereocenters. The summed E-state index contributed by atoms with van der Waals surface area (Å²) in [6.45, 7) is 0. The SMILES string of the molecule is O=c1c2ccccc2nc(/C=C/c2ccc(Br)cc2)n1-c1ccc([N+](=O)[O-])cc1Cl. The van der Waals surface area contributed by atoms with Crippen molar-refractivity contribution in [2.45, 2.75) is 0 Å². The van der Waals surface area contributed by atoms with Crippen LogP contribution in [0.2, 0.25) is 5.02 Å². The molecule has 4 aromatic rings. The minimum Gasteiger partial charge on any atom is -0.268 e. The summed E-state index contributed by atoms with van der Waals surface area (Å²) < 4.78 is 2.32. The van der Waals surface area contributed by atoms with Crippen LogP contribution in [0.25, 0.3) is 28.7 Å². The van der Waals surface area contributed by atoms with Crippen molar-refractivity contribution < 1.29 is 4.92 Å². The Morgan fingerprint density at radius 3 is 2.47 bits per heavy atom. The summed E-state index contributed by atoms with van der Waals surface area (Å²) in [6.07, 6.45) is 3.55. The van der Waals surface area contributed by atoms with Gasteiger partial charge in [-0.2, -0.15) is 0 Å². The van der Waals surface area contributed by atoms with Gasteiger partial charge in [-0.25, -0.2) is 4.98 Å². The minimum atomic E-state index is -0.536. The van der Waals surface area contributed by atoms with Gasteiger partial charge in [0.25, 0.3) is 11.2 Å². The van der Waals surface area contributed by atoms with Gasteiger partial charge in [0.15, 0.2) is 0 Å². The standard InChI is InChI=1S/C22H13BrClN3O3/c23-15-8-5-14(6-9-15)7-12-21-25-19-4-2-1-3-17(19)22(28)26(21)20-11-10-16(27(29)30)13-18(20)24/h1-13H/b12-7+. The van der Waals surface area contributed by atoms with Gasteiger partial charge in [0.05, 0.1) is 26.5 Å². The van der Waals surface area contributed by atoms with E-state index in [4.69, 9.17) is 11.6 Å². The Kier molecular flexibility index (Phi) is 5.48. The number of non-ortho nitro benzene ring substituents is 1. The largest absolute Gasteiger partial charge is 0.271 e. The first-order chi connectivity index (χ1) is 14.4. The van der Waals surface area contributed by atoms with E-state index in [0.717, 1.165) is 10.0 Å². The zero-order chi connectivity index (χ0) is 21.3. The van der Waals surface area contributed by atoms with Crippen molar-refractivity contribution in [3.8, 4) is 5.69 Å². The van der Waals surface area contributed by atoms with E-state index < -0.39 is 4.92 Å². The molecule has 0 amide bonds. The number of para-hydroxylation sites is 1. The average Bonchev–Trinajstić information content (AvgIpc) is 2.74. The molecule has 148 valence electrons. The molecule has 0 fully saturated rings. The fourth-order valence-corrected chi connectivity index (χ4v) is 3.55. The molecule has 0 spiro atoms. The third-order valence-electron chi connectivity index (χ3n) is 4.48. The van der Waals surface area contributed by atoms with Crippen LogP contribution >= 0.6 is 27.5 Å².